The highest BCUT2D eigenvalue weighted by Gasteiger charge is 2.34. The molecular weight excluding hydrogens is 283 g/mol. The lowest BCUT2D eigenvalue weighted by molar-refractivity contribution is 0.00359. The Balaban J connectivity index is 1.95. The first-order valence-corrected chi connectivity index (χ1v) is 7.49. The summed E-state index contributed by atoms with van der Waals surface area (Å²) in [5.41, 5.74) is -0.0556. The largest absolute Gasteiger partial charge is 0.387 e. The van der Waals surface area contributed by atoms with Crippen molar-refractivity contribution in [1.29, 1.82) is 0 Å². The quantitative estimate of drug-likeness (QED) is 0.934. The molecule has 1 fully saturated rings. The van der Waals surface area contributed by atoms with Crippen molar-refractivity contribution in [2.75, 3.05) is 38.6 Å². The Labute approximate surface area is 129 Å². The number of β-amino-alcohol motifs (C(OH)–C–C–N with tert-alkyl or cyclic N) is 1. The Hall–Kier alpha value is -1.79. The summed E-state index contributed by atoms with van der Waals surface area (Å²) in [5, 5.41) is 11.5. The third-order valence-electron chi connectivity index (χ3n) is 4.04. The Kier molecular flexibility index (Phi) is 3.97. The minimum atomic E-state index is -0.771. The molecule has 22 heavy (non-hydrogen) atoms. The first-order valence-electron chi connectivity index (χ1n) is 7.49. The van der Waals surface area contributed by atoms with Crippen molar-refractivity contribution in [3.05, 3.63) is 30.3 Å². The third kappa shape index (κ3) is 3.03. The second-order valence-corrected chi connectivity index (χ2v) is 6.35. The average molecular weight is 304 g/mol. The zero-order chi connectivity index (χ0) is 15.7. The number of likely N-dealkylation sites (N-methyl/N-ethyl adjacent to an activating group) is 1. The van der Waals surface area contributed by atoms with Gasteiger partial charge in [-0.15, -0.1) is 0 Å². The molecule has 1 aromatic heterocycles. The van der Waals surface area contributed by atoms with Crippen LogP contribution in [0.3, 0.4) is 0 Å². The lowest BCUT2D eigenvalue weighted by atomic mass is 9.92. The van der Waals surface area contributed by atoms with E-state index in [9.17, 15) is 9.50 Å². The van der Waals surface area contributed by atoms with Gasteiger partial charge in [-0.25, -0.2) is 14.4 Å². The minimum absolute atomic E-state index is 0.302. The molecule has 1 N–H and O–H groups in total. The number of aliphatic hydroxyl groups is 1. The summed E-state index contributed by atoms with van der Waals surface area (Å²) in [5.74, 6) is 0.394. The number of piperidine rings is 1. The smallest absolute Gasteiger partial charge is 0.140 e. The zero-order valence-electron chi connectivity index (χ0n) is 13.0. The highest BCUT2D eigenvalue weighted by Crippen LogP contribution is 2.29. The standard InChI is InChI=1S/C16H21FN4O/c1-20(2)9-16(22)6-3-7-21(10-16)15-13-8-12(17)4-5-14(13)18-11-19-15/h4-5,8,11,22H,3,6-7,9-10H2,1-2H3. The van der Waals surface area contributed by atoms with Gasteiger partial charge < -0.3 is 14.9 Å². The molecule has 1 aliphatic heterocycles. The van der Waals surface area contributed by atoms with Crippen molar-refractivity contribution < 1.29 is 9.50 Å². The molecule has 3 rings (SSSR count). The molecule has 0 saturated carbocycles. The molecule has 1 atom stereocenters. The normalized spacial score (nSPS) is 22.5. The molecule has 1 unspecified atom stereocenters. The van der Waals surface area contributed by atoms with Crippen LogP contribution in [0.4, 0.5) is 10.2 Å². The number of aromatic nitrogens is 2. The summed E-state index contributed by atoms with van der Waals surface area (Å²) < 4.78 is 13.6. The first kappa shape index (κ1) is 15.1. The number of hydrogen-bond donors (Lipinski definition) is 1. The number of hydrogen-bond acceptors (Lipinski definition) is 5. The summed E-state index contributed by atoms with van der Waals surface area (Å²) in [6, 6.07) is 4.52. The topological polar surface area (TPSA) is 52.5 Å². The van der Waals surface area contributed by atoms with Crippen LogP contribution in [0.5, 0.6) is 0 Å². The van der Waals surface area contributed by atoms with E-state index in [-0.39, 0.29) is 5.82 Å². The summed E-state index contributed by atoms with van der Waals surface area (Å²) in [4.78, 5) is 12.6. The van der Waals surface area contributed by atoms with Crippen molar-refractivity contribution in [2.24, 2.45) is 0 Å². The lowest BCUT2D eigenvalue weighted by Crippen LogP contribution is -2.53. The predicted octanol–water partition coefficient (Wildman–Crippen LogP) is 1.66. The van der Waals surface area contributed by atoms with Crippen molar-refractivity contribution >= 4 is 16.7 Å². The molecule has 5 nitrogen and oxygen atoms in total. The Bertz CT molecular complexity index is 678. The van der Waals surface area contributed by atoms with Crippen LogP contribution in [-0.2, 0) is 0 Å². The van der Waals surface area contributed by atoms with Gasteiger partial charge in [0.15, 0.2) is 0 Å². The number of benzene rings is 1. The molecule has 1 aromatic carbocycles. The second-order valence-electron chi connectivity index (χ2n) is 6.35. The first-order chi connectivity index (χ1) is 10.5. The van der Waals surface area contributed by atoms with E-state index >= 15 is 0 Å². The van der Waals surface area contributed by atoms with E-state index in [0.29, 0.717) is 29.8 Å². The fourth-order valence-electron chi connectivity index (χ4n) is 3.28. The van der Waals surface area contributed by atoms with Gasteiger partial charge in [0.1, 0.15) is 18.0 Å². The maximum atomic E-state index is 13.6. The van der Waals surface area contributed by atoms with Gasteiger partial charge in [0.2, 0.25) is 0 Å². The Morgan fingerprint density at radius 3 is 2.95 bits per heavy atom. The van der Waals surface area contributed by atoms with Gasteiger partial charge in [0, 0.05) is 25.0 Å². The highest BCUT2D eigenvalue weighted by molar-refractivity contribution is 5.89. The van der Waals surface area contributed by atoms with Crippen LogP contribution in [0.2, 0.25) is 0 Å². The minimum Gasteiger partial charge on any atom is -0.387 e. The van der Waals surface area contributed by atoms with Crippen LogP contribution < -0.4 is 4.90 Å². The predicted molar refractivity (Wildman–Crippen MR) is 84.4 cm³/mol. The SMILES string of the molecule is CN(C)CC1(O)CCCN(c2ncnc3ccc(F)cc23)C1. The van der Waals surface area contributed by atoms with Gasteiger partial charge >= 0.3 is 0 Å². The van der Waals surface area contributed by atoms with Gasteiger partial charge in [-0.1, -0.05) is 0 Å². The molecule has 0 amide bonds. The van der Waals surface area contributed by atoms with Crippen LogP contribution in [0.15, 0.2) is 24.5 Å². The van der Waals surface area contributed by atoms with Gasteiger partial charge in [0.05, 0.1) is 11.1 Å². The molecule has 6 heteroatoms. The maximum Gasteiger partial charge on any atom is 0.140 e. The summed E-state index contributed by atoms with van der Waals surface area (Å²) in [7, 11) is 3.90. The van der Waals surface area contributed by atoms with Crippen molar-refractivity contribution in [3.63, 3.8) is 0 Å². The van der Waals surface area contributed by atoms with Crippen LogP contribution in [0, 0.1) is 5.82 Å². The fraction of sp³-hybridized carbons (Fsp3) is 0.500. The highest BCUT2D eigenvalue weighted by atomic mass is 19.1. The van der Waals surface area contributed by atoms with Crippen molar-refractivity contribution in [3.8, 4) is 0 Å². The van der Waals surface area contributed by atoms with Gasteiger partial charge in [-0.05, 0) is 45.1 Å². The molecule has 118 valence electrons. The van der Waals surface area contributed by atoms with E-state index < -0.39 is 5.60 Å². The van der Waals surface area contributed by atoms with Crippen molar-refractivity contribution in [1.82, 2.24) is 14.9 Å². The van der Waals surface area contributed by atoms with Gasteiger partial charge in [-0.2, -0.15) is 0 Å². The average Bonchev–Trinajstić information content (AvgIpc) is 2.45. The molecule has 1 saturated heterocycles. The maximum absolute atomic E-state index is 13.6. The van der Waals surface area contributed by atoms with Crippen LogP contribution in [0.25, 0.3) is 10.9 Å². The summed E-state index contributed by atoms with van der Waals surface area (Å²) >= 11 is 0. The fourth-order valence-corrected chi connectivity index (χ4v) is 3.28. The number of halogens is 1. The van der Waals surface area contributed by atoms with Crippen molar-refractivity contribution in [2.45, 2.75) is 18.4 Å². The molecule has 2 heterocycles. The molecule has 0 radical (unpaired) electrons. The Morgan fingerprint density at radius 1 is 1.36 bits per heavy atom. The van der Waals surface area contributed by atoms with E-state index in [1.54, 1.807) is 6.07 Å². The molecule has 2 aromatic rings. The second kappa shape index (κ2) is 5.78. The van der Waals surface area contributed by atoms with Crippen LogP contribution in [0.1, 0.15) is 12.8 Å². The molecule has 0 spiro atoms. The van der Waals surface area contributed by atoms with E-state index in [2.05, 4.69) is 9.97 Å². The van der Waals surface area contributed by atoms with Crippen LogP contribution in [-0.4, -0.2) is 59.3 Å². The number of anilines is 1. The lowest BCUT2D eigenvalue weighted by Gasteiger charge is -2.41. The van der Waals surface area contributed by atoms with Crippen LogP contribution >= 0.6 is 0 Å². The third-order valence-corrected chi connectivity index (χ3v) is 4.04. The Morgan fingerprint density at radius 2 is 2.18 bits per heavy atom. The molecule has 1 aliphatic rings. The van der Waals surface area contributed by atoms with E-state index in [4.69, 9.17) is 0 Å². The molecule has 0 aliphatic carbocycles. The van der Waals surface area contributed by atoms with E-state index in [1.807, 2.05) is 23.9 Å². The van der Waals surface area contributed by atoms with E-state index in [0.717, 1.165) is 19.4 Å². The summed E-state index contributed by atoms with van der Waals surface area (Å²) in [6.45, 7) is 1.90. The summed E-state index contributed by atoms with van der Waals surface area (Å²) in [6.07, 6.45) is 3.14. The molecule has 0 bridgehead atoms. The van der Waals surface area contributed by atoms with Gasteiger partial charge in [-0.3, -0.25) is 0 Å². The zero-order valence-corrected chi connectivity index (χ0v) is 13.0. The molecular formula is C16H21FN4O. The monoisotopic (exact) mass is 304 g/mol. The van der Waals surface area contributed by atoms with E-state index in [1.165, 1.54) is 18.5 Å². The number of rotatable bonds is 3. The van der Waals surface area contributed by atoms with Gasteiger partial charge in [0.25, 0.3) is 0 Å². The number of nitrogens with zero attached hydrogens (tertiary/aromatic N) is 4. The number of fused-ring (bicyclic) bond motifs is 1.